The fourth-order valence-corrected chi connectivity index (χ4v) is 2.37. The molecule has 2 aromatic heterocycles. The van der Waals surface area contributed by atoms with Crippen molar-refractivity contribution in [2.24, 2.45) is 5.92 Å². The number of nitrogens with zero attached hydrogens (tertiary/aromatic N) is 5. The highest BCUT2D eigenvalue weighted by Gasteiger charge is 2.26. The quantitative estimate of drug-likeness (QED) is 0.852. The van der Waals surface area contributed by atoms with Gasteiger partial charge in [0.1, 0.15) is 6.33 Å². The van der Waals surface area contributed by atoms with E-state index >= 15 is 0 Å². The zero-order valence-corrected chi connectivity index (χ0v) is 11.7. The van der Waals surface area contributed by atoms with E-state index in [0.717, 1.165) is 18.7 Å². The molecule has 1 saturated heterocycles. The summed E-state index contributed by atoms with van der Waals surface area (Å²) in [6, 6.07) is 3.67. The highest BCUT2D eigenvalue weighted by Crippen LogP contribution is 2.24. The van der Waals surface area contributed by atoms with Gasteiger partial charge in [-0.2, -0.15) is 5.10 Å². The van der Waals surface area contributed by atoms with Gasteiger partial charge in [0.25, 0.3) is 0 Å². The zero-order chi connectivity index (χ0) is 14.7. The Morgan fingerprint density at radius 1 is 1.38 bits per heavy atom. The molecule has 3 heterocycles. The molecular weight excluding hydrogens is 273 g/mol. The fourth-order valence-electron chi connectivity index (χ4n) is 2.37. The Bertz CT molecular complexity index is 607. The zero-order valence-electron chi connectivity index (χ0n) is 11.7. The van der Waals surface area contributed by atoms with Crippen LogP contribution in [0, 0.1) is 18.7 Å². The molecule has 0 spiro atoms. The minimum Gasteiger partial charge on any atom is -0.476 e. The Hall–Kier alpha value is -2.31. The molecule has 1 aliphatic rings. The second-order valence-electron chi connectivity index (χ2n) is 5.12. The number of hydrogen-bond donors (Lipinski definition) is 0. The molecule has 1 fully saturated rings. The summed E-state index contributed by atoms with van der Waals surface area (Å²) in [4.78, 5) is 9.59. The third-order valence-electron chi connectivity index (χ3n) is 3.47. The van der Waals surface area contributed by atoms with Crippen molar-refractivity contribution in [1.29, 1.82) is 0 Å². The maximum absolute atomic E-state index is 13.6. The van der Waals surface area contributed by atoms with Gasteiger partial charge in [0, 0.05) is 25.1 Å². The molecule has 0 radical (unpaired) electrons. The molecule has 0 bridgehead atoms. The van der Waals surface area contributed by atoms with Crippen molar-refractivity contribution in [3.05, 3.63) is 36.2 Å². The number of ether oxygens (including phenoxy) is 1. The number of halogens is 1. The number of rotatable bonds is 4. The van der Waals surface area contributed by atoms with Crippen molar-refractivity contribution >= 4 is 5.82 Å². The van der Waals surface area contributed by atoms with Crippen molar-refractivity contribution in [3.63, 3.8) is 0 Å². The molecular formula is C14H16FN5O. The van der Waals surface area contributed by atoms with E-state index in [1.807, 2.05) is 17.9 Å². The molecule has 1 unspecified atom stereocenters. The predicted octanol–water partition coefficient (Wildman–Crippen LogP) is 1.62. The summed E-state index contributed by atoms with van der Waals surface area (Å²) in [5.41, 5.74) is 0.855. The van der Waals surface area contributed by atoms with Crippen molar-refractivity contribution < 1.29 is 9.13 Å². The van der Waals surface area contributed by atoms with Crippen LogP contribution in [-0.2, 0) is 0 Å². The van der Waals surface area contributed by atoms with Crippen LogP contribution in [0.25, 0.3) is 0 Å². The van der Waals surface area contributed by atoms with Crippen molar-refractivity contribution in [1.82, 2.24) is 20.2 Å². The first kappa shape index (κ1) is 13.7. The van der Waals surface area contributed by atoms with Crippen LogP contribution >= 0.6 is 0 Å². The van der Waals surface area contributed by atoms with Gasteiger partial charge in [0.15, 0.2) is 11.6 Å². The van der Waals surface area contributed by atoms with Gasteiger partial charge in [-0.05, 0) is 19.4 Å². The van der Waals surface area contributed by atoms with Gasteiger partial charge in [0.2, 0.25) is 5.88 Å². The lowest BCUT2D eigenvalue weighted by Gasteiger charge is -2.17. The highest BCUT2D eigenvalue weighted by molar-refractivity contribution is 5.39. The van der Waals surface area contributed by atoms with Crippen LogP contribution in [0.2, 0.25) is 0 Å². The van der Waals surface area contributed by atoms with Gasteiger partial charge < -0.3 is 9.64 Å². The highest BCUT2D eigenvalue weighted by atomic mass is 19.1. The minimum absolute atomic E-state index is 0.322. The molecule has 21 heavy (non-hydrogen) atoms. The Balaban J connectivity index is 1.55. The summed E-state index contributed by atoms with van der Waals surface area (Å²) in [5.74, 6) is 0.820. The molecule has 110 valence electrons. The van der Waals surface area contributed by atoms with Gasteiger partial charge >= 0.3 is 0 Å². The monoisotopic (exact) mass is 289 g/mol. The Morgan fingerprint density at radius 2 is 2.29 bits per heavy atom. The van der Waals surface area contributed by atoms with Crippen LogP contribution in [0.15, 0.2) is 24.7 Å². The van der Waals surface area contributed by atoms with E-state index in [9.17, 15) is 4.39 Å². The normalized spacial score (nSPS) is 18.0. The summed E-state index contributed by atoms with van der Waals surface area (Å²) in [7, 11) is 0. The van der Waals surface area contributed by atoms with Gasteiger partial charge in [-0.15, -0.1) is 5.10 Å². The summed E-state index contributed by atoms with van der Waals surface area (Å²) < 4.78 is 19.3. The Morgan fingerprint density at radius 3 is 3.05 bits per heavy atom. The van der Waals surface area contributed by atoms with E-state index in [-0.39, 0.29) is 5.82 Å². The lowest BCUT2D eigenvalue weighted by molar-refractivity contribution is 0.249. The molecule has 0 amide bonds. The van der Waals surface area contributed by atoms with E-state index in [1.165, 1.54) is 12.5 Å². The first-order valence-corrected chi connectivity index (χ1v) is 6.86. The molecule has 7 heteroatoms. The number of aryl methyl sites for hydroxylation is 1. The molecule has 0 saturated carbocycles. The molecule has 1 atom stereocenters. The average molecular weight is 289 g/mol. The van der Waals surface area contributed by atoms with Gasteiger partial charge in [0.05, 0.1) is 18.5 Å². The SMILES string of the molecule is Cc1ccc(OCC2CCN(c3ncncc3F)C2)nn1. The van der Waals surface area contributed by atoms with Gasteiger partial charge in [-0.25, -0.2) is 14.4 Å². The fraction of sp³-hybridized carbons (Fsp3) is 0.429. The Labute approximate surface area is 122 Å². The van der Waals surface area contributed by atoms with E-state index in [4.69, 9.17) is 4.74 Å². The maximum atomic E-state index is 13.6. The number of hydrogen-bond acceptors (Lipinski definition) is 6. The molecule has 0 N–H and O–H groups in total. The largest absolute Gasteiger partial charge is 0.476 e. The van der Waals surface area contributed by atoms with E-state index in [2.05, 4.69) is 20.2 Å². The third-order valence-corrected chi connectivity index (χ3v) is 3.47. The lowest BCUT2D eigenvalue weighted by Crippen LogP contribution is -2.24. The van der Waals surface area contributed by atoms with E-state index in [1.54, 1.807) is 6.07 Å². The molecule has 1 aliphatic heterocycles. The molecule has 0 aliphatic carbocycles. The average Bonchev–Trinajstić information content (AvgIpc) is 2.96. The topological polar surface area (TPSA) is 64.0 Å². The molecule has 3 rings (SSSR count). The summed E-state index contributed by atoms with van der Waals surface area (Å²) in [6.07, 6.45) is 3.49. The second kappa shape index (κ2) is 5.99. The summed E-state index contributed by atoms with van der Waals surface area (Å²) >= 11 is 0. The standard InChI is InChI=1S/C14H16FN5O/c1-10-2-3-13(19-18-10)21-8-11-4-5-20(7-11)14-12(15)6-16-9-17-14/h2-3,6,9,11H,4-5,7-8H2,1H3. The Kier molecular flexibility index (Phi) is 3.89. The lowest BCUT2D eigenvalue weighted by atomic mass is 10.1. The van der Waals surface area contributed by atoms with Crippen LogP contribution in [0.1, 0.15) is 12.1 Å². The van der Waals surface area contributed by atoms with Gasteiger partial charge in [-0.1, -0.05) is 0 Å². The van der Waals surface area contributed by atoms with Crippen molar-refractivity contribution in [2.75, 3.05) is 24.6 Å². The van der Waals surface area contributed by atoms with E-state index < -0.39 is 0 Å². The van der Waals surface area contributed by atoms with Crippen LogP contribution in [0.4, 0.5) is 10.2 Å². The van der Waals surface area contributed by atoms with Crippen molar-refractivity contribution in [2.45, 2.75) is 13.3 Å². The van der Waals surface area contributed by atoms with Gasteiger partial charge in [-0.3, -0.25) is 0 Å². The third kappa shape index (κ3) is 3.24. The minimum atomic E-state index is -0.386. The molecule has 0 aromatic carbocycles. The smallest absolute Gasteiger partial charge is 0.233 e. The first-order valence-electron chi connectivity index (χ1n) is 6.86. The predicted molar refractivity (Wildman–Crippen MR) is 74.6 cm³/mol. The van der Waals surface area contributed by atoms with Crippen LogP contribution in [0.5, 0.6) is 5.88 Å². The number of anilines is 1. The van der Waals surface area contributed by atoms with Crippen LogP contribution < -0.4 is 9.64 Å². The summed E-state index contributed by atoms with van der Waals surface area (Å²) in [6.45, 7) is 3.90. The summed E-state index contributed by atoms with van der Waals surface area (Å²) in [5, 5.41) is 7.91. The first-order chi connectivity index (χ1) is 10.2. The molecule has 6 nitrogen and oxygen atoms in total. The molecule has 2 aromatic rings. The number of aromatic nitrogens is 4. The van der Waals surface area contributed by atoms with E-state index in [0.29, 0.717) is 30.8 Å². The van der Waals surface area contributed by atoms with Crippen LogP contribution in [-0.4, -0.2) is 39.9 Å². The van der Waals surface area contributed by atoms with Crippen LogP contribution in [0.3, 0.4) is 0 Å². The van der Waals surface area contributed by atoms with Crippen molar-refractivity contribution in [3.8, 4) is 5.88 Å². The maximum Gasteiger partial charge on any atom is 0.233 e. The second-order valence-corrected chi connectivity index (χ2v) is 5.12.